The Hall–Kier alpha value is -2.86. The van der Waals surface area contributed by atoms with Crippen LogP contribution in [0.2, 0.25) is 5.02 Å². The molecule has 1 amide bonds. The fourth-order valence-electron chi connectivity index (χ4n) is 2.61. The highest BCUT2D eigenvalue weighted by Gasteiger charge is 2.13. The highest BCUT2D eigenvalue weighted by molar-refractivity contribution is 6.30. The van der Waals surface area contributed by atoms with Gasteiger partial charge in [0.15, 0.2) is 0 Å². The van der Waals surface area contributed by atoms with Crippen LogP contribution in [0.25, 0.3) is 11.0 Å². The Balaban J connectivity index is 1.85. The van der Waals surface area contributed by atoms with Gasteiger partial charge in [-0.2, -0.15) is 0 Å². The van der Waals surface area contributed by atoms with Gasteiger partial charge in [-0.15, -0.1) is 0 Å². The summed E-state index contributed by atoms with van der Waals surface area (Å²) in [6, 6.07) is 14.1. The Kier molecular flexibility index (Phi) is 4.72. The van der Waals surface area contributed by atoms with Crippen LogP contribution in [0, 0.1) is 0 Å². The normalized spacial score (nSPS) is 10.8. The molecule has 0 atom stereocenters. The summed E-state index contributed by atoms with van der Waals surface area (Å²) < 4.78 is 2.49. The van der Waals surface area contributed by atoms with Crippen molar-refractivity contribution in [3.05, 3.63) is 79.8 Å². The number of carbonyl (C=O) groups excluding carboxylic acids is 1. The lowest BCUT2D eigenvalue weighted by atomic mass is 10.2. The molecule has 7 heteroatoms. The predicted octanol–water partition coefficient (Wildman–Crippen LogP) is 1.67. The largest absolute Gasteiger partial charge is 0.350 e. The van der Waals surface area contributed by atoms with E-state index in [9.17, 15) is 14.4 Å². The Morgan fingerprint density at radius 3 is 2.32 bits per heavy atom. The molecule has 25 heavy (non-hydrogen) atoms. The van der Waals surface area contributed by atoms with Crippen molar-refractivity contribution in [2.24, 2.45) is 7.05 Å². The number of carbonyl (C=O) groups is 1. The molecule has 0 aliphatic heterocycles. The zero-order chi connectivity index (χ0) is 18.0. The van der Waals surface area contributed by atoms with Crippen molar-refractivity contribution in [3.63, 3.8) is 0 Å². The molecule has 3 rings (SSSR count). The number of hydrogen-bond acceptors (Lipinski definition) is 3. The zero-order valence-corrected chi connectivity index (χ0v) is 14.3. The third-order valence-electron chi connectivity index (χ3n) is 3.97. The van der Waals surface area contributed by atoms with Gasteiger partial charge in [-0.25, -0.2) is 0 Å². The number of hydrogen-bond donors (Lipinski definition) is 1. The Morgan fingerprint density at radius 2 is 1.64 bits per heavy atom. The maximum atomic E-state index is 12.3. The molecule has 2 aromatic carbocycles. The quantitative estimate of drug-likeness (QED) is 0.722. The van der Waals surface area contributed by atoms with Gasteiger partial charge in [0.25, 0.3) is 0 Å². The molecule has 128 valence electrons. The van der Waals surface area contributed by atoms with E-state index in [2.05, 4.69) is 5.32 Å². The van der Waals surface area contributed by atoms with Crippen LogP contribution >= 0.6 is 11.6 Å². The average Bonchev–Trinajstić information content (AvgIpc) is 2.63. The van der Waals surface area contributed by atoms with E-state index in [0.717, 1.165) is 5.56 Å². The summed E-state index contributed by atoms with van der Waals surface area (Å²) >= 11 is 5.83. The fraction of sp³-hybridized carbons (Fsp3) is 0.167. The summed E-state index contributed by atoms with van der Waals surface area (Å²) in [5.41, 5.74) is 0.639. The van der Waals surface area contributed by atoms with Gasteiger partial charge in [0.1, 0.15) is 6.54 Å². The van der Waals surface area contributed by atoms with Crippen LogP contribution in [0.5, 0.6) is 0 Å². The minimum absolute atomic E-state index is 0.219. The second-order valence-corrected chi connectivity index (χ2v) is 6.08. The first-order valence-electron chi connectivity index (χ1n) is 7.67. The first-order chi connectivity index (χ1) is 12.0. The van der Waals surface area contributed by atoms with E-state index in [4.69, 9.17) is 11.6 Å². The second kappa shape index (κ2) is 6.94. The van der Waals surface area contributed by atoms with Crippen LogP contribution in [0.1, 0.15) is 5.56 Å². The fourth-order valence-corrected chi connectivity index (χ4v) is 2.74. The van der Waals surface area contributed by atoms with Crippen molar-refractivity contribution >= 4 is 28.5 Å². The van der Waals surface area contributed by atoms with Gasteiger partial charge in [-0.1, -0.05) is 35.9 Å². The maximum Gasteiger partial charge on any atom is 0.317 e. The van der Waals surface area contributed by atoms with Gasteiger partial charge in [0.05, 0.1) is 11.0 Å². The summed E-state index contributed by atoms with van der Waals surface area (Å²) in [6.45, 7) is 0.0938. The summed E-state index contributed by atoms with van der Waals surface area (Å²) in [5, 5.41) is 3.36. The summed E-state index contributed by atoms with van der Waals surface area (Å²) in [4.78, 5) is 36.6. The van der Waals surface area contributed by atoms with Gasteiger partial charge in [0.2, 0.25) is 5.91 Å². The molecule has 0 bridgehead atoms. The lowest BCUT2D eigenvalue weighted by Crippen LogP contribution is -2.43. The number of nitrogens with one attached hydrogen (secondary N) is 1. The maximum absolute atomic E-state index is 12.3. The van der Waals surface area contributed by atoms with Gasteiger partial charge in [-0.3, -0.25) is 19.0 Å². The van der Waals surface area contributed by atoms with Crippen molar-refractivity contribution in [3.8, 4) is 0 Å². The monoisotopic (exact) mass is 357 g/mol. The predicted molar refractivity (Wildman–Crippen MR) is 96.7 cm³/mol. The molecule has 0 radical (unpaired) electrons. The Labute approximate surface area is 148 Å². The van der Waals surface area contributed by atoms with E-state index in [-0.39, 0.29) is 12.5 Å². The molecule has 0 saturated heterocycles. The van der Waals surface area contributed by atoms with Crippen molar-refractivity contribution in [2.75, 3.05) is 0 Å². The minimum atomic E-state index is -0.720. The number of amides is 1. The van der Waals surface area contributed by atoms with E-state index in [1.807, 2.05) is 12.1 Å². The van der Waals surface area contributed by atoms with E-state index >= 15 is 0 Å². The molecule has 0 aliphatic rings. The standard InChI is InChI=1S/C18H16ClN3O3/c1-21-14-4-2-3-5-15(14)22(18(25)17(21)24)11-16(23)20-10-12-6-8-13(19)9-7-12/h2-9H,10-11H2,1H3,(H,20,23). The Morgan fingerprint density at radius 1 is 1.00 bits per heavy atom. The van der Waals surface area contributed by atoms with Crippen LogP contribution in [-0.2, 0) is 24.9 Å². The molecular formula is C18H16ClN3O3. The first-order valence-corrected chi connectivity index (χ1v) is 8.05. The van der Waals surface area contributed by atoms with E-state index < -0.39 is 11.1 Å². The average molecular weight is 358 g/mol. The molecule has 0 fully saturated rings. The minimum Gasteiger partial charge on any atom is -0.350 e. The number of nitrogens with zero attached hydrogens (tertiary/aromatic N) is 2. The lowest BCUT2D eigenvalue weighted by Gasteiger charge is -2.12. The first kappa shape index (κ1) is 17.0. The molecule has 1 aromatic heterocycles. The van der Waals surface area contributed by atoms with E-state index in [1.54, 1.807) is 36.4 Å². The van der Waals surface area contributed by atoms with Crippen LogP contribution in [0.3, 0.4) is 0 Å². The van der Waals surface area contributed by atoms with Crippen LogP contribution in [0.15, 0.2) is 58.1 Å². The summed E-state index contributed by atoms with van der Waals surface area (Å²) in [5.74, 6) is -0.351. The number of halogens is 1. The van der Waals surface area contributed by atoms with Crippen LogP contribution < -0.4 is 16.4 Å². The number of rotatable bonds is 4. The van der Waals surface area contributed by atoms with Crippen LogP contribution in [-0.4, -0.2) is 15.0 Å². The molecule has 0 saturated carbocycles. The van der Waals surface area contributed by atoms with Gasteiger partial charge >= 0.3 is 11.1 Å². The summed E-state index contributed by atoms with van der Waals surface area (Å²) in [7, 11) is 1.54. The van der Waals surface area contributed by atoms with E-state index in [1.165, 1.54) is 16.2 Å². The molecule has 0 unspecified atom stereocenters. The van der Waals surface area contributed by atoms with E-state index in [0.29, 0.717) is 22.6 Å². The lowest BCUT2D eigenvalue weighted by molar-refractivity contribution is -0.121. The topological polar surface area (TPSA) is 73.1 Å². The molecule has 1 N–H and O–H groups in total. The van der Waals surface area contributed by atoms with Crippen molar-refractivity contribution in [1.82, 2.24) is 14.5 Å². The molecule has 0 aliphatic carbocycles. The number of benzene rings is 2. The summed E-state index contributed by atoms with van der Waals surface area (Å²) in [6.07, 6.45) is 0. The molecule has 6 nitrogen and oxygen atoms in total. The smallest absolute Gasteiger partial charge is 0.317 e. The third kappa shape index (κ3) is 3.49. The highest BCUT2D eigenvalue weighted by Crippen LogP contribution is 2.10. The second-order valence-electron chi connectivity index (χ2n) is 5.65. The number of aryl methyl sites for hydroxylation is 1. The number of fused-ring (bicyclic) bond motifs is 1. The zero-order valence-electron chi connectivity index (χ0n) is 13.5. The SMILES string of the molecule is Cn1c(=O)c(=O)n(CC(=O)NCc2ccc(Cl)cc2)c2ccccc21. The van der Waals surface area contributed by atoms with Gasteiger partial charge in [0, 0.05) is 18.6 Å². The molecule has 1 heterocycles. The molecular weight excluding hydrogens is 342 g/mol. The molecule has 3 aromatic rings. The molecule has 0 spiro atoms. The van der Waals surface area contributed by atoms with Gasteiger partial charge in [-0.05, 0) is 29.8 Å². The number of aromatic nitrogens is 2. The Bertz CT molecular complexity index is 1050. The van der Waals surface area contributed by atoms with Crippen molar-refractivity contribution < 1.29 is 4.79 Å². The third-order valence-corrected chi connectivity index (χ3v) is 4.22. The van der Waals surface area contributed by atoms with Crippen LogP contribution in [0.4, 0.5) is 0 Å². The highest BCUT2D eigenvalue weighted by atomic mass is 35.5. The number of para-hydroxylation sites is 2. The van der Waals surface area contributed by atoms with Crippen molar-refractivity contribution in [1.29, 1.82) is 0 Å². The van der Waals surface area contributed by atoms with Gasteiger partial charge < -0.3 is 9.88 Å². The van der Waals surface area contributed by atoms with Crippen molar-refractivity contribution in [2.45, 2.75) is 13.1 Å².